The smallest absolute Gasteiger partial charge is 0.0846 e. The molecule has 0 aliphatic carbocycles. The van der Waals surface area contributed by atoms with Crippen LogP contribution in [0.5, 0.6) is 0 Å². The van der Waals surface area contributed by atoms with Gasteiger partial charge in [0.25, 0.3) is 0 Å². The van der Waals surface area contributed by atoms with Crippen LogP contribution in [0.2, 0.25) is 0 Å². The van der Waals surface area contributed by atoms with Crippen LogP contribution >= 0.6 is 0 Å². The molecule has 4 aromatic rings. The Balaban J connectivity index is 1.42. The molecule has 0 bridgehead atoms. The molecule has 4 rings (SSSR count). The zero-order chi connectivity index (χ0) is 26.7. The first kappa shape index (κ1) is 26.9. The fourth-order valence-electron chi connectivity index (χ4n) is 5.74. The first-order valence-corrected chi connectivity index (χ1v) is 13.7. The molecule has 0 saturated heterocycles. The summed E-state index contributed by atoms with van der Waals surface area (Å²) in [5.41, 5.74) is 6.56. The van der Waals surface area contributed by atoms with Gasteiger partial charge in [-0.3, -0.25) is 9.36 Å². The van der Waals surface area contributed by atoms with Gasteiger partial charge in [-0.15, -0.1) is 0 Å². The second-order valence-corrected chi connectivity index (χ2v) is 10.8. The van der Waals surface area contributed by atoms with E-state index in [2.05, 4.69) is 92.3 Å². The van der Waals surface area contributed by atoms with Crippen molar-refractivity contribution in [2.24, 2.45) is 20.0 Å². The molecule has 0 aliphatic heterocycles. The summed E-state index contributed by atoms with van der Waals surface area (Å²) in [5.74, 6) is 0.220. The number of rotatable bonds is 11. The second kappa shape index (κ2) is 11.1. The van der Waals surface area contributed by atoms with Gasteiger partial charge in [0.05, 0.1) is 33.9 Å². The van der Waals surface area contributed by atoms with Crippen LogP contribution in [-0.2, 0) is 38.8 Å². The first-order chi connectivity index (χ1) is 17.7. The molecular formula is C31H42N6. The van der Waals surface area contributed by atoms with Crippen molar-refractivity contribution in [3.63, 3.8) is 0 Å². The van der Waals surface area contributed by atoms with Crippen molar-refractivity contribution in [2.75, 3.05) is 20.1 Å². The van der Waals surface area contributed by atoms with Gasteiger partial charge in [-0.25, -0.2) is 0 Å². The number of nitrogens with zero attached hydrogens (tertiary/aromatic N) is 6. The SMILES string of the molecule is CCc1nn(C)c2cc(CCN(C)CCCC(C#N)(c3ccc4c(CC)nn(C)c4c3)C(C)C)ccc12. The number of aryl methyl sites for hydroxylation is 4. The van der Waals surface area contributed by atoms with E-state index in [-0.39, 0.29) is 5.92 Å². The van der Waals surface area contributed by atoms with Gasteiger partial charge in [0.2, 0.25) is 0 Å². The lowest BCUT2D eigenvalue weighted by Crippen LogP contribution is -2.32. The van der Waals surface area contributed by atoms with Crippen LogP contribution in [-0.4, -0.2) is 44.6 Å². The topological polar surface area (TPSA) is 62.7 Å². The summed E-state index contributed by atoms with van der Waals surface area (Å²) in [6.45, 7) is 10.6. The Morgan fingerprint density at radius 1 is 0.919 bits per heavy atom. The predicted molar refractivity (Wildman–Crippen MR) is 153 cm³/mol. The maximum Gasteiger partial charge on any atom is 0.0846 e. The molecule has 1 unspecified atom stereocenters. The molecule has 0 fully saturated rings. The standard InChI is InChI=1S/C31H42N6/c1-8-27-25-13-11-23(19-29(25)36(6)33-27)15-18-35(5)17-10-16-31(21-32,22(3)4)24-12-14-26-28(9-2)34-37(7)30(26)20-24/h11-14,19-20,22H,8-10,15-18H2,1-7H3. The average Bonchev–Trinajstić information content (AvgIpc) is 3.40. The molecule has 37 heavy (non-hydrogen) atoms. The Labute approximate surface area is 221 Å². The normalized spacial score (nSPS) is 13.6. The highest BCUT2D eigenvalue weighted by atomic mass is 15.3. The zero-order valence-electron chi connectivity index (χ0n) is 23.7. The van der Waals surface area contributed by atoms with Crippen molar-refractivity contribution in [2.45, 2.75) is 65.2 Å². The quantitative estimate of drug-likeness (QED) is 0.256. The average molecular weight is 499 g/mol. The Morgan fingerprint density at radius 3 is 2.08 bits per heavy atom. The zero-order valence-corrected chi connectivity index (χ0v) is 23.7. The van der Waals surface area contributed by atoms with Crippen LogP contribution in [0.15, 0.2) is 36.4 Å². The summed E-state index contributed by atoms with van der Waals surface area (Å²) in [6, 6.07) is 16.0. The van der Waals surface area contributed by atoms with Gasteiger partial charge < -0.3 is 4.90 Å². The third-order valence-electron chi connectivity index (χ3n) is 8.18. The number of hydrogen-bond donors (Lipinski definition) is 0. The third kappa shape index (κ3) is 5.15. The highest BCUT2D eigenvalue weighted by Crippen LogP contribution is 2.38. The number of fused-ring (bicyclic) bond motifs is 2. The summed E-state index contributed by atoms with van der Waals surface area (Å²) in [6.07, 6.45) is 4.69. The van der Waals surface area contributed by atoms with Crippen molar-refractivity contribution < 1.29 is 0 Å². The lowest BCUT2D eigenvalue weighted by Gasteiger charge is -2.32. The fourth-order valence-corrected chi connectivity index (χ4v) is 5.74. The van der Waals surface area contributed by atoms with Crippen LogP contribution in [0.1, 0.15) is 63.1 Å². The highest BCUT2D eigenvalue weighted by Gasteiger charge is 2.36. The van der Waals surface area contributed by atoms with Gasteiger partial charge in [0.15, 0.2) is 0 Å². The van der Waals surface area contributed by atoms with Crippen molar-refractivity contribution in [3.8, 4) is 6.07 Å². The Bertz CT molecular complexity index is 1420. The van der Waals surface area contributed by atoms with E-state index in [0.29, 0.717) is 0 Å². The van der Waals surface area contributed by atoms with Crippen molar-refractivity contribution >= 4 is 21.8 Å². The summed E-state index contributed by atoms with van der Waals surface area (Å²) in [5, 5.41) is 22.2. The van der Waals surface area contributed by atoms with Crippen LogP contribution in [0.25, 0.3) is 21.8 Å². The van der Waals surface area contributed by atoms with E-state index in [9.17, 15) is 5.26 Å². The Hall–Kier alpha value is -3.17. The van der Waals surface area contributed by atoms with E-state index in [4.69, 9.17) is 0 Å². The van der Waals surface area contributed by atoms with Gasteiger partial charge >= 0.3 is 0 Å². The van der Waals surface area contributed by atoms with Crippen LogP contribution in [0.3, 0.4) is 0 Å². The molecule has 0 radical (unpaired) electrons. The molecule has 0 N–H and O–H groups in total. The summed E-state index contributed by atoms with van der Waals surface area (Å²) >= 11 is 0. The molecule has 1 atom stereocenters. The third-order valence-corrected chi connectivity index (χ3v) is 8.18. The Morgan fingerprint density at radius 2 is 1.51 bits per heavy atom. The van der Waals surface area contributed by atoms with Gasteiger partial charge in [-0.2, -0.15) is 15.5 Å². The largest absolute Gasteiger partial charge is 0.306 e. The summed E-state index contributed by atoms with van der Waals surface area (Å²) in [4.78, 5) is 2.39. The predicted octanol–water partition coefficient (Wildman–Crippen LogP) is 5.96. The molecule has 0 saturated carbocycles. The van der Waals surface area contributed by atoms with E-state index < -0.39 is 5.41 Å². The van der Waals surface area contributed by atoms with Crippen molar-refractivity contribution in [3.05, 3.63) is 58.9 Å². The summed E-state index contributed by atoms with van der Waals surface area (Å²) in [7, 11) is 6.22. The van der Waals surface area contributed by atoms with E-state index in [1.165, 1.54) is 27.5 Å². The number of hydrogen-bond acceptors (Lipinski definition) is 4. The molecule has 2 heterocycles. The van der Waals surface area contributed by atoms with Gasteiger partial charge in [-0.1, -0.05) is 52.0 Å². The molecular weight excluding hydrogens is 456 g/mol. The lowest BCUT2D eigenvalue weighted by atomic mass is 9.69. The van der Waals surface area contributed by atoms with Crippen LogP contribution < -0.4 is 0 Å². The highest BCUT2D eigenvalue weighted by molar-refractivity contribution is 5.83. The number of likely N-dealkylation sites (N-methyl/N-ethyl adjacent to an activating group) is 1. The van der Waals surface area contributed by atoms with Gasteiger partial charge in [0.1, 0.15) is 0 Å². The molecule has 2 aromatic carbocycles. The maximum atomic E-state index is 10.4. The minimum atomic E-state index is -0.507. The fraction of sp³-hybridized carbons (Fsp3) is 0.516. The molecule has 196 valence electrons. The number of nitriles is 1. The minimum Gasteiger partial charge on any atom is -0.306 e. The number of benzene rings is 2. The lowest BCUT2D eigenvalue weighted by molar-refractivity contribution is 0.294. The van der Waals surface area contributed by atoms with Gasteiger partial charge in [-0.05, 0) is 74.9 Å². The molecule has 6 nitrogen and oxygen atoms in total. The minimum absolute atomic E-state index is 0.220. The number of aromatic nitrogens is 4. The van der Waals surface area contributed by atoms with Crippen LogP contribution in [0, 0.1) is 17.2 Å². The molecule has 6 heteroatoms. The van der Waals surface area contributed by atoms with E-state index >= 15 is 0 Å². The molecule has 2 aromatic heterocycles. The maximum absolute atomic E-state index is 10.4. The summed E-state index contributed by atoms with van der Waals surface area (Å²) < 4.78 is 3.96. The van der Waals surface area contributed by atoms with Crippen LogP contribution in [0.4, 0.5) is 0 Å². The first-order valence-electron chi connectivity index (χ1n) is 13.7. The van der Waals surface area contributed by atoms with Crippen molar-refractivity contribution in [1.29, 1.82) is 5.26 Å². The second-order valence-electron chi connectivity index (χ2n) is 10.8. The molecule has 0 aliphatic rings. The molecule has 0 spiro atoms. The molecule has 0 amide bonds. The monoisotopic (exact) mass is 498 g/mol. The van der Waals surface area contributed by atoms with E-state index in [0.717, 1.165) is 62.0 Å². The Kier molecular flexibility index (Phi) is 8.04. The van der Waals surface area contributed by atoms with E-state index in [1.54, 1.807) is 0 Å². The van der Waals surface area contributed by atoms with E-state index in [1.807, 2.05) is 23.5 Å². The van der Waals surface area contributed by atoms with Gasteiger partial charge in [0, 0.05) is 31.4 Å². The van der Waals surface area contributed by atoms with Crippen molar-refractivity contribution in [1.82, 2.24) is 24.5 Å².